The molecule has 0 bridgehead atoms. The average molecular weight is 458 g/mol. The van der Waals surface area contributed by atoms with Gasteiger partial charge in [0, 0.05) is 12.2 Å². The van der Waals surface area contributed by atoms with Gasteiger partial charge in [0.1, 0.15) is 5.75 Å². The van der Waals surface area contributed by atoms with Crippen LogP contribution in [0, 0.1) is 0 Å². The maximum absolute atomic E-state index is 12.0. The SMILES string of the molecule is O=C(/C=C/c1ccc(O)cc1)O[C@H](C(=O)O)[C@H](OC(=O)/C=C/c1ccc(O)c(O)c1)C(=O)O. The van der Waals surface area contributed by atoms with Crippen LogP contribution in [0.5, 0.6) is 17.2 Å². The molecule has 0 aromatic heterocycles. The average Bonchev–Trinajstić information content (AvgIpc) is 2.76. The molecule has 0 amide bonds. The number of benzene rings is 2. The van der Waals surface area contributed by atoms with E-state index in [4.69, 9.17) is 0 Å². The van der Waals surface area contributed by atoms with E-state index in [-0.39, 0.29) is 11.3 Å². The van der Waals surface area contributed by atoms with Crippen LogP contribution in [0.1, 0.15) is 11.1 Å². The molecule has 0 aliphatic carbocycles. The minimum Gasteiger partial charge on any atom is -0.508 e. The Bertz CT molecular complexity index is 1100. The number of esters is 2. The molecular weight excluding hydrogens is 440 g/mol. The van der Waals surface area contributed by atoms with Crippen LogP contribution in [0.2, 0.25) is 0 Å². The van der Waals surface area contributed by atoms with E-state index in [1.165, 1.54) is 36.4 Å². The number of hydrogen-bond acceptors (Lipinski definition) is 9. The van der Waals surface area contributed by atoms with E-state index in [1.807, 2.05) is 0 Å². The summed E-state index contributed by atoms with van der Waals surface area (Å²) in [6.45, 7) is 0. The van der Waals surface area contributed by atoms with Gasteiger partial charge in [0.15, 0.2) is 11.5 Å². The van der Waals surface area contributed by atoms with Gasteiger partial charge in [-0.15, -0.1) is 0 Å². The van der Waals surface area contributed by atoms with Gasteiger partial charge in [0.2, 0.25) is 12.2 Å². The highest BCUT2D eigenvalue weighted by Crippen LogP contribution is 2.25. The lowest BCUT2D eigenvalue weighted by molar-refractivity contribution is -0.183. The third-order valence-electron chi connectivity index (χ3n) is 3.96. The van der Waals surface area contributed by atoms with Crippen molar-refractivity contribution in [2.75, 3.05) is 0 Å². The van der Waals surface area contributed by atoms with E-state index in [0.717, 1.165) is 30.4 Å². The zero-order valence-electron chi connectivity index (χ0n) is 16.7. The first-order valence-corrected chi connectivity index (χ1v) is 9.11. The number of carbonyl (C=O) groups is 4. The highest BCUT2D eigenvalue weighted by molar-refractivity contribution is 5.93. The first-order chi connectivity index (χ1) is 15.6. The Morgan fingerprint density at radius 3 is 1.58 bits per heavy atom. The number of ether oxygens (including phenoxy) is 2. The van der Waals surface area contributed by atoms with Crippen LogP contribution in [-0.2, 0) is 28.7 Å². The summed E-state index contributed by atoms with van der Waals surface area (Å²) in [6, 6.07) is 9.18. The molecule has 0 aliphatic heterocycles. The lowest BCUT2D eigenvalue weighted by Gasteiger charge is -2.19. The fourth-order valence-electron chi connectivity index (χ4n) is 2.37. The first kappa shape index (κ1) is 24.5. The Morgan fingerprint density at radius 2 is 1.12 bits per heavy atom. The standard InChI is InChI=1S/C22H18O11/c23-14-6-1-12(2-7-14)4-9-17(26)32-19(21(28)29)20(22(30)31)33-18(27)10-5-13-3-8-15(24)16(25)11-13/h1-11,19-20,23-25H,(H,28,29)(H,30,31)/b9-4+,10-5+/t19-,20-/m0/s1. The number of rotatable bonds is 9. The molecule has 0 unspecified atom stereocenters. The molecule has 33 heavy (non-hydrogen) atoms. The van der Waals surface area contributed by atoms with Crippen LogP contribution in [0.15, 0.2) is 54.6 Å². The summed E-state index contributed by atoms with van der Waals surface area (Å²) in [5, 5.41) is 46.5. The van der Waals surface area contributed by atoms with Crippen molar-refractivity contribution in [2.24, 2.45) is 0 Å². The van der Waals surface area contributed by atoms with Crippen molar-refractivity contribution in [3.63, 3.8) is 0 Å². The number of phenolic OH excluding ortho intramolecular Hbond substituents is 3. The van der Waals surface area contributed by atoms with Gasteiger partial charge in [0.25, 0.3) is 0 Å². The second-order valence-corrected chi connectivity index (χ2v) is 6.40. The Hall–Kier alpha value is -4.80. The van der Waals surface area contributed by atoms with Crippen molar-refractivity contribution in [1.82, 2.24) is 0 Å². The lowest BCUT2D eigenvalue weighted by Crippen LogP contribution is -2.45. The summed E-state index contributed by atoms with van der Waals surface area (Å²) in [6.07, 6.45) is -0.776. The smallest absolute Gasteiger partial charge is 0.349 e. The Kier molecular flexibility index (Phi) is 8.16. The number of aliphatic carboxylic acids is 2. The number of carbonyl (C=O) groups excluding carboxylic acids is 2. The molecule has 11 nitrogen and oxygen atoms in total. The number of carboxylic acids is 2. The van der Waals surface area contributed by atoms with Crippen LogP contribution in [0.4, 0.5) is 0 Å². The minimum atomic E-state index is -2.36. The summed E-state index contributed by atoms with van der Waals surface area (Å²) in [5.74, 6) is -7.10. The second kappa shape index (κ2) is 11.0. The first-order valence-electron chi connectivity index (χ1n) is 9.11. The zero-order valence-corrected chi connectivity index (χ0v) is 16.7. The second-order valence-electron chi connectivity index (χ2n) is 6.40. The molecule has 0 spiro atoms. The molecule has 0 radical (unpaired) electrons. The van der Waals surface area contributed by atoms with E-state index < -0.39 is 47.6 Å². The van der Waals surface area contributed by atoms with Crippen molar-refractivity contribution in [3.8, 4) is 17.2 Å². The van der Waals surface area contributed by atoms with Gasteiger partial charge in [-0.25, -0.2) is 19.2 Å². The van der Waals surface area contributed by atoms with Gasteiger partial charge in [-0.1, -0.05) is 18.2 Å². The molecule has 172 valence electrons. The maximum Gasteiger partial charge on any atom is 0.349 e. The van der Waals surface area contributed by atoms with Gasteiger partial charge in [-0.2, -0.15) is 0 Å². The molecule has 2 rings (SSSR count). The normalized spacial score (nSPS) is 12.8. The zero-order chi connectivity index (χ0) is 24.5. The summed E-state index contributed by atoms with van der Waals surface area (Å²) < 4.78 is 9.30. The Labute approximate surface area is 186 Å². The molecule has 0 aliphatic rings. The maximum atomic E-state index is 12.0. The monoisotopic (exact) mass is 458 g/mol. The van der Waals surface area contributed by atoms with Crippen LogP contribution in [0.25, 0.3) is 12.2 Å². The predicted molar refractivity (Wildman–Crippen MR) is 111 cm³/mol. The molecule has 0 heterocycles. The fourth-order valence-corrected chi connectivity index (χ4v) is 2.37. The van der Waals surface area contributed by atoms with Gasteiger partial charge < -0.3 is 35.0 Å². The molecule has 0 fully saturated rings. The molecule has 5 N–H and O–H groups in total. The van der Waals surface area contributed by atoms with Crippen LogP contribution < -0.4 is 0 Å². The van der Waals surface area contributed by atoms with E-state index in [9.17, 15) is 44.7 Å². The fraction of sp³-hybridized carbons (Fsp3) is 0.0909. The highest BCUT2D eigenvalue weighted by atomic mass is 16.6. The van der Waals surface area contributed by atoms with Gasteiger partial charge in [-0.05, 0) is 47.5 Å². The number of carboxylic acid groups (broad SMARTS) is 2. The summed E-state index contributed by atoms with van der Waals surface area (Å²) in [7, 11) is 0. The molecule has 2 aromatic rings. The Balaban J connectivity index is 2.09. The number of aromatic hydroxyl groups is 3. The van der Waals surface area contributed by atoms with Crippen LogP contribution in [-0.4, -0.2) is 61.6 Å². The lowest BCUT2D eigenvalue weighted by atomic mass is 10.2. The van der Waals surface area contributed by atoms with Crippen molar-refractivity contribution < 1.29 is 54.2 Å². The third-order valence-corrected chi connectivity index (χ3v) is 3.96. The molecule has 0 saturated heterocycles. The van der Waals surface area contributed by atoms with E-state index in [0.29, 0.717) is 5.56 Å². The number of hydrogen-bond donors (Lipinski definition) is 5. The molecule has 2 aromatic carbocycles. The Morgan fingerprint density at radius 1 is 0.667 bits per heavy atom. The van der Waals surface area contributed by atoms with Crippen LogP contribution in [0.3, 0.4) is 0 Å². The number of phenols is 3. The molecular formula is C22H18O11. The van der Waals surface area contributed by atoms with Crippen LogP contribution >= 0.6 is 0 Å². The summed E-state index contributed by atoms with van der Waals surface area (Å²) in [4.78, 5) is 46.9. The van der Waals surface area contributed by atoms with Gasteiger partial charge in [-0.3, -0.25) is 0 Å². The van der Waals surface area contributed by atoms with E-state index in [2.05, 4.69) is 9.47 Å². The molecule has 0 saturated carbocycles. The summed E-state index contributed by atoms with van der Waals surface area (Å²) >= 11 is 0. The highest BCUT2D eigenvalue weighted by Gasteiger charge is 2.40. The van der Waals surface area contributed by atoms with E-state index in [1.54, 1.807) is 0 Å². The van der Waals surface area contributed by atoms with E-state index >= 15 is 0 Å². The van der Waals surface area contributed by atoms with Crippen molar-refractivity contribution in [3.05, 3.63) is 65.7 Å². The van der Waals surface area contributed by atoms with Crippen molar-refractivity contribution in [2.45, 2.75) is 12.2 Å². The largest absolute Gasteiger partial charge is 0.508 e. The minimum absolute atomic E-state index is 0.0111. The molecule has 2 atom stereocenters. The van der Waals surface area contributed by atoms with Gasteiger partial charge >= 0.3 is 23.9 Å². The quantitative estimate of drug-likeness (QED) is 0.208. The topological polar surface area (TPSA) is 188 Å². The van der Waals surface area contributed by atoms with Crippen molar-refractivity contribution >= 4 is 36.0 Å². The predicted octanol–water partition coefficient (Wildman–Crippen LogP) is 1.52. The van der Waals surface area contributed by atoms with Gasteiger partial charge in [0.05, 0.1) is 0 Å². The third kappa shape index (κ3) is 7.43. The van der Waals surface area contributed by atoms with Crippen molar-refractivity contribution in [1.29, 1.82) is 0 Å². The molecule has 11 heteroatoms. The summed E-state index contributed by atoms with van der Waals surface area (Å²) in [5.41, 5.74) is 0.706.